The van der Waals surface area contributed by atoms with Crippen molar-refractivity contribution in [1.29, 1.82) is 0 Å². The highest BCUT2D eigenvalue weighted by molar-refractivity contribution is 5.95. The van der Waals surface area contributed by atoms with Crippen LogP contribution in [0.2, 0.25) is 0 Å². The molecule has 0 heterocycles. The van der Waals surface area contributed by atoms with Crippen LogP contribution in [0, 0.1) is 5.92 Å². The topological polar surface area (TPSA) is 198 Å². The Morgan fingerprint density at radius 2 is 1.13 bits per heavy atom. The average Bonchev–Trinajstić information content (AvgIpc) is 3.08. The Balaban J connectivity index is 1.88. The van der Waals surface area contributed by atoms with Gasteiger partial charge in [0.15, 0.2) is 0 Å². The molecule has 5 amide bonds. The highest BCUT2D eigenvalue weighted by Gasteiger charge is 2.33. The largest absolute Gasteiger partial charge is 0.489 e. The summed E-state index contributed by atoms with van der Waals surface area (Å²) in [4.78, 5) is 66.3. The summed E-state index contributed by atoms with van der Waals surface area (Å²) in [5.41, 5.74) is 6.91. The van der Waals surface area contributed by atoms with Gasteiger partial charge in [-0.05, 0) is 68.9 Å². The molecule has 0 aliphatic heterocycles. The van der Waals surface area contributed by atoms with Gasteiger partial charge < -0.3 is 41.6 Å². The summed E-state index contributed by atoms with van der Waals surface area (Å²) in [7, 11) is 0. The lowest BCUT2D eigenvalue weighted by molar-refractivity contribution is -0.134. The van der Waals surface area contributed by atoms with Gasteiger partial charge in [0.2, 0.25) is 23.6 Å². The van der Waals surface area contributed by atoms with Crippen LogP contribution >= 0.6 is 0 Å². The summed E-state index contributed by atoms with van der Waals surface area (Å²) in [6, 6.07) is 20.7. The monoisotopic (exact) mass is 731 g/mol. The van der Waals surface area contributed by atoms with E-state index >= 15 is 0 Å². The number of carbonyl (C=O) groups excluding carboxylic acids is 5. The third-order valence-electron chi connectivity index (χ3n) is 7.96. The van der Waals surface area contributed by atoms with E-state index in [2.05, 4.69) is 21.3 Å². The first-order valence-electron chi connectivity index (χ1n) is 17.7. The summed E-state index contributed by atoms with van der Waals surface area (Å²) >= 11 is 0. The second-order valence-corrected chi connectivity index (χ2v) is 14.4. The molecule has 0 bridgehead atoms. The van der Waals surface area contributed by atoms with Crippen molar-refractivity contribution in [2.75, 3.05) is 0 Å². The molecule has 7 N–H and O–H groups in total. The molecule has 3 aromatic carbocycles. The van der Waals surface area contributed by atoms with Crippen LogP contribution in [-0.4, -0.2) is 70.7 Å². The number of nitrogens with two attached hydrogens (primary N) is 1. The summed E-state index contributed by atoms with van der Waals surface area (Å²) in [6.07, 6.45) is -1.78. The van der Waals surface area contributed by atoms with E-state index in [1.165, 1.54) is 6.92 Å². The molecule has 0 unspecified atom stereocenters. The number of alkyl carbamates (subject to hydrolysis) is 1. The molecular weight excluding hydrogens is 678 g/mol. The molecule has 286 valence electrons. The van der Waals surface area contributed by atoms with E-state index in [0.29, 0.717) is 17.9 Å². The molecule has 0 aliphatic carbocycles. The Kier molecular flexibility index (Phi) is 15.8. The maximum absolute atomic E-state index is 14.1. The Morgan fingerprint density at radius 3 is 1.62 bits per heavy atom. The molecule has 5 atom stereocenters. The third kappa shape index (κ3) is 15.0. The van der Waals surface area contributed by atoms with Gasteiger partial charge in [-0.3, -0.25) is 19.2 Å². The maximum Gasteiger partial charge on any atom is 0.408 e. The fourth-order valence-corrected chi connectivity index (χ4v) is 5.34. The van der Waals surface area contributed by atoms with Crippen molar-refractivity contribution in [2.45, 2.75) is 103 Å². The second kappa shape index (κ2) is 20.0. The lowest BCUT2D eigenvalue weighted by Gasteiger charge is -2.28. The molecule has 0 fully saturated rings. The number of amides is 5. The zero-order valence-electron chi connectivity index (χ0n) is 31.3. The number of carbonyl (C=O) groups is 5. The summed E-state index contributed by atoms with van der Waals surface area (Å²) < 4.78 is 11.2. The molecule has 0 aliphatic rings. The normalized spacial score (nSPS) is 14.1. The van der Waals surface area contributed by atoms with E-state index < -0.39 is 65.6 Å². The molecule has 0 spiro atoms. The minimum Gasteiger partial charge on any atom is -0.489 e. The summed E-state index contributed by atoms with van der Waals surface area (Å²) in [5, 5.41) is 20.7. The first kappa shape index (κ1) is 42.0. The highest BCUT2D eigenvalue weighted by atomic mass is 16.6. The maximum atomic E-state index is 14.1. The molecule has 0 radical (unpaired) electrons. The summed E-state index contributed by atoms with van der Waals surface area (Å²) in [6.45, 7) is 10.5. The van der Waals surface area contributed by atoms with Gasteiger partial charge in [-0.1, -0.05) is 86.6 Å². The minimum absolute atomic E-state index is 0.00132. The molecule has 13 nitrogen and oxygen atoms in total. The first-order valence-corrected chi connectivity index (χ1v) is 17.7. The fourth-order valence-electron chi connectivity index (χ4n) is 5.34. The van der Waals surface area contributed by atoms with Crippen molar-refractivity contribution in [3.63, 3.8) is 0 Å². The summed E-state index contributed by atoms with van der Waals surface area (Å²) in [5.74, 6) is -2.32. The third-order valence-corrected chi connectivity index (χ3v) is 7.96. The zero-order valence-corrected chi connectivity index (χ0v) is 31.3. The molecule has 3 aromatic rings. The van der Waals surface area contributed by atoms with Crippen LogP contribution in [0.3, 0.4) is 0 Å². The molecule has 0 saturated carbocycles. The number of rotatable bonds is 18. The van der Waals surface area contributed by atoms with Gasteiger partial charge >= 0.3 is 6.09 Å². The van der Waals surface area contributed by atoms with Crippen LogP contribution in [0.1, 0.15) is 64.7 Å². The fraction of sp³-hybridized carbons (Fsp3) is 0.425. The number of hydrogen-bond acceptors (Lipinski definition) is 8. The Hall–Kier alpha value is -5.43. The van der Waals surface area contributed by atoms with E-state index in [4.69, 9.17) is 15.2 Å². The highest BCUT2D eigenvalue weighted by Crippen LogP contribution is 2.15. The van der Waals surface area contributed by atoms with E-state index in [-0.39, 0.29) is 25.2 Å². The number of hydrogen-bond donors (Lipinski definition) is 6. The number of nitrogens with one attached hydrogen (secondary N) is 4. The van der Waals surface area contributed by atoms with Crippen molar-refractivity contribution in [1.82, 2.24) is 21.3 Å². The van der Waals surface area contributed by atoms with E-state index in [0.717, 1.165) is 11.1 Å². The second-order valence-electron chi connectivity index (χ2n) is 14.4. The first-order chi connectivity index (χ1) is 25.0. The number of aliphatic hydroxyl groups excluding tert-OH is 1. The van der Waals surface area contributed by atoms with Crippen molar-refractivity contribution in [3.05, 3.63) is 102 Å². The van der Waals surface area contributed by atoms with E-state index in [1.54, 1.807) is 57.2 Å². The van der Waals surface area contributed by atoms with Crippen LogP contribution in [-0.2, 0) is 43.4 Å². The number of ether oxygens (including phenoxy) is 2. The molecule has 53 heavy (non-hydrogen) atoms. The minimum atomic E-state index is -1.42. The molecule has 3 rings (SSSR count). The SMILES string of the molecule is CC(C)C[C@H](NC(=O)OC(C)(C)C)C(=O)N[C@H](Cc1ccccc1)C(=O)N[C@H](Cc1ccc(COc2ccccc2)cc1)C(=O)N[C@@H](C(N)=O)[C@@H](C)O. The van der Waals surface area contributed by atoms with E-state index in [9.17, 15) is 29.1 Å². The predicted molar refractivity (Wildman–Crippen MR) is 200 cm³/mol. The number of para-hydroxylation sites is 1. The van der Waals surface area contributed by atoms with Crippen molar-refractivity contribution >= 4 is 29.7 Å². The van der Waals surface area contributed by atoms with Gasteiger partial charge in [0, 0.05) is 12.8 Å². The lowest BCUT2D eigenvalue weighted by Crippen LogP contribution is -2.60. The lowest BCUT2D eigenvalue weighted by atomic mass is 10.00. The van der Waals surface area contributed by atoms with Crippen molar-refractivity contribution < 1.29 is 38.6 Å². The standard InChI is InChI=1S/C40H53N5O8/c1-25(2)21-31(44-39(51)53-40(4,5)6)36(48)42-32(22-27-13-9-7-10-14-27)37(49)43-33(38(50)45-34(26(3)46)35(41)47)23-28-17-19-29(20-18-28)24-52-30-15-11-8-12-16-30/h7-20,25-26,31-34,46H,21-24H2,1-6H3,(H2,41,47)(H,42,48)(H,43,49)(H,44,51)(H,45,50)/t26-,31+,32-,33-,34-/m1/s1. The van der Waals surface area contributed by atoms with Gasteiger partial charge in [-0.15, -0.1) is 0 Å². The predicted octanol–water partition coefficient (Wildman–Crippen LogP) is 3.31. The van der Waals surface area contributed by atoms with Gasteiger partial charge in [-0.2, -0.15) is 0 Å². The Morgan fingerprint density at radius 1 is 0.660 bits per heavy atom. The van der Waals surface area contributed by atoms with Crippen molar-refractivity contribution in [3.8, 4) is 5.75 Å². The smallest absolute Gasteiger partial charge is 0.408 e. The van der Waals surface area contributed by atoms with Crippen LogP contribution in [0.25, 0.3) is 0 Å². The van der Waals surface area contributed by atoms with Crippen molar-refractivity contribution in [2.24, 2.45) is 11.7 Å². The molecular formula is C40H53N5O8. The van der Waals surface area contributed by atoms with Gasteiger partial charge in [0.1, 0.15) is 42.1 Å². The number of benzene rings is 3. The van der Waals surface area contributed by atoms with Crippen LogP contribution in [0.5, 0.6) is 5.75 Å². The van der Waals surface area contributed by atoms with Gasteiger partial charge in [-0.25, -0.2) is 4.79 Å². The van der Waals surface area contributed by atoms with Crippen LogP contribution in [0.4, 0.5) is 4.79 Å². The van der Waals surface area contributed by atoms with Gasteiger partial charge in [0.05, 0.1) is 6.10 Å². The Bertz CT molecular complexity index is 1640. The zero-order chi connectivity index (χ0) is 39.1. The van der Waals surface area contributed by atoms with Gasteiger partial charge in [0.25, 0.3) is 0 Å². The quantitative estimate of drug-likeness (QED) is 0.115. The molecule has 0 aromatic heterocycles. The Labute approximate surface area is 311 Å². The molecule has 0 saturated heterocycles. The number of primary amides is 1. The number of aliphatic hydroxyl groups is 1. The molecule has 13 heteroatoms. The van der Waals surface area contributed by atoms with E-state index in [1.807, 2.05) is 62.4 Å². The van der Waals surface area contributed by atoms with Crippen LogP contribution < -0.4 is 31.7 Å². The van der Waals surface area contributed by atoms with Crippen LogP contribution in [0.15, 0.2) is 84.9 Å². The average molecular weight is 732 g/mol.